The van der Waals surface area contributed by atoms with Crippen molar-refractivity contribution in [3.63, 3.8) is 0 Å². The first kappa shape index (κ1) is 31.5. The van der Waals surface area contributed by atoms with Crippen LogP contribution >= 0.6 is 0 Å². The van der Waals surface area contributed by atoms with Crippen molar-refractivity contribution in [3.05, 3.63) is 58.7 Å². The molecule has 0 spiro atoms. The van der Waals surface area contributed by atoms with Gasteiger partial charge in [0.25, 0.3) is 0 Å². The van der Waals surface area contributed by atoms with Crippen LogP contribution in [-0.4, -0.2) is 53.7 Å². The number of hydrogen-bond acceptors (Lipinski definition) is 5. The number of unbranched alkanes of at least 4 members (excludes halogenated alkanes) is 1. The fraction of sp³-hybridized carbons (Fsp3) is 0.594. The van der Waals surface area contributed by atoms with Crippen molar-refractivity contribution in [3.8, 4) is 5.75 Å². The summed E-state index contributed by atoms with van der Waals surface area (Å²) in [4.78, 5) is 30.8. The van der Waals surface area contributed by atoms with Crippen LogP contribution < -0.4 is 4.74 Å². The van der Waals surface area contributed by atoms with Gasteiger partial charge in [-0.25, -0.2) is 4.39 Å². The number of pyridine rings is 1. The first-order chi connectivity index (χ1) is 19.0. The molecule has 8 heteroatoms. The van der Waals surface area contributed by atoms with Crippen molar-refractivity contribution in [2.45, 2.75) is 91.0 Å². The van der Waals surface area contributed by atoms with E-state index in [0.717, 1.165) is 37.8 Å². The van der Waals surface area contributed by atoms with E-state index < -0.39 is 17.8 Å². The van der Waals surface area contributed by atoms with E-state index in [1.807, 2.05) is 0 Å². The molecular formula is C32H45FN2O5. The van der Waals surface area contributed by atoms with Crippen LogP contribution in [0, 0.1) is 11.2 Å². The Kier molecular flexibility index (Phi) is 11.9. The highest BCUT2D eigenvalue weighted by molar-refractivity contribution is 5.77. The van der Waals surface area contributed by atoms with Crippen LogP contribution in [0.5, 0.6) is 5.75 Å². The van der Waals surface area contributed by atoms with E-state index in [-0.39, 0.29) is 36.5 Å². The number of carbonyl (C=O) groups is 2. The molecule has 3 rings (SSSR count). The molecule has 1 aliphatic rings. The van der Waals surface area contributed by atoms with Crippen molar-refractivity contribution in [2.75, 3.05) is 26.9 Å². The van der Waals surface area contributed by atoms with Crippen molar-refractivity contribution in [1.82, 2.24) is 9.88 Å². The topological polar surface area (TPSA) is 89.0 Å². The van der Waals surface area contributed by atoms with Gasteiger partial charge in [0, 0.05) is 31.5 Å². The zero-order chi connectivity index (χ0) is 29.1. The third kappa shape index (κ3) is 10.2. The van der Waals surface area contributed by atoms with Gasteiger partial charge in [0.2, 0.25) is 5.91 Å². The van der Waals surface area contributed by atoms with Crippen molar-refractivity contribution < 1.29 is 28.6 Å². The second kappa shape index (κ2) is 15.1. The summed E-state index contributed by atoms with van der Waals surface area (Å²) >= 11 is 0. The van der Waals surface area contributed by atoms with Crippen molar-refractivity contribution in [2.24, 2.45) is 5.41 Å². The summed E-state index contributed by atoms with van der Waals surface area (Å²) in [5, 5.41) is 9.48. The Morgan fingerprint density at radius 2 is 1.85 bits per heavy atom. The maximum absolute atomic E-state index is 14.8. The fourth-order valence-corrected chi connectivity index (χ4v) is 4.88. The number of nitrogens with zero attached hydrogens (tertiary/aromatic N) is 2. The molecule has 1 atom stereocenters. The Hall–Kier alpha value is -3.00. The molecule has 0 aliphatic heterocycles. The molecule has 0 unspecified atom stereocenters. The predicted octanol–water partition coefficient (Wildman–Crippen LogP) is 6.32. The average molecular weight is 557 g/mol. The van der Waals surface area contributed by atoms with Gasteiger partial charge in [0.1, 0.15) is 6.61 Å². The Morgan fingerprint density at radius 3 is 2.58 bits per heavy atom. The Morgan fingerprint density at radius 1 is 1.07 bits per heavy atom. The molecule has 7 nitrogen and oxygen atoms in total. The average Bonchev–Trinajstić information content (AvgIpc) is 2.91. The van der Waals surface area contributed by atoms with Crippen molar-refractivity contribution >= 4 is 11.9 Å². The number of amides is 1. The number of carbonyl (C=O) groups excluding carboxylic acids is 1. The lowest BCUT2D eigenvalue weighted by Crippen LogP contribution is -2.32. The second-order valence-electron chi connectivity index (χ2n) is 11.9. The molecule has 40 heavy (non-hydrogen) atoms. The predicted molar refractivity (Wildman–Crippen MR) is 153 cm³/mol. The molecule has 0 saturated heterocycles. The summed E-state index contributed by atoms with van der Waals surface area (Å²) in [5.74, 6) is -1.75. The molecule has 1 N–H and O–H groups in total. The smallest absolute Gasteiger partial charge is 0.305 e. The molecule has 1 amide bonds. The van der Waals surface area contributed by atoms with Crippen LogP contribution in [0.2, 0.25) is 0 Å². The Labute approximate surface area is 238 Å². The number of aromatic nitrogens is 1. The third-order valence-corrected chi connectivity index (χ3v) is 7.36. The van der Waals surface area contributed by atoms with Gasteiger partial charge < -0.3 is 19.5 Å². The largest absolute Gasteiger partial charge is 0.488 e. The van der Waals surface area contributed by atoms with Gasteiger partial charge in [-0.05, 0) is 86.1 Å². The maximum atomic E-state index is 14.8. The number of hydrogen-bond donors (Lipinski definition) is 1. The van der Waals surface area contributed by atoms with Crippen LogP contribution in [0.1, 0.15) is 94.3 Å². The minimum atomic E-state index is -1.06. The number of rotatable bonds is 15. The Bertz CT molecular complexity index is 1130. The van der Waals surface area contributed by atoms with Crippen LogP contribution in [-0.2, 0) is 33.6 Å². The summed E-state index contributed by atoms with van der Waals surface area (Å²) in [7, 11) is 1.58. The zero-order valence-corrected chi connectivity index (χ0v) is 24.5. The summed E-state index contributed by atoms with van der Waals surface area (Å²) in [5.41, 5.74) is 4.22. The minimum Gasteiger partial charge on any atom is -0.488 e. The van der Waals surface area contributed by atoms with Gasteiger partial charge in [0.15, 0.2) is 11.6 Å². The molecule has 1 aromatic carbocycles. The van der Waals surface area contributed by atoms with Crippen LogP contribution in [0.15, 0.2) is 30.3 Å². The van der Waals surface area contributed by atoms with Crippen LogP contribution in [0.3, 0.4) is 0 Å². The van der Waals surface area contributed by atoms with Gasteiger partial charge in [-0.3, -0.25) is 14.6 Å². The summed E-state index contributed by atoms with van der Waals surface area (Å²) in [6.07, 6.45) is 7.73. The van der Waals surface area contributed by atoms with Gasteiger partial charge >= 0.3 is 5.97 Å². The lowest BCUT2D eigenvalue weighted by Gasteiger charge is -2.28. The van der Waals surface area contributed by atoms with E-state index >= 15 is 0 Å². The molecule has 0 radical (unpaired) electrons. The van der Waals surface area contributed by atoms with Gasteiger partial charge in [-0.15, -0.1) is 0 Å². The second-order valence-corrected chi connectivity index (χ2v) is 11.9. The number of aliphatic carboxylic acids is 1. The van der Waals surface area contributed by atoms with E-state index in [1.54, 1.807) is 13.1 Å². The first-order valence-electron chi connectivity index (χ1n) is 14.5. The molecular weight excluding hydrogens is 511 g/mol. The van der Waals surface area contributed by atoms with Gasteiger partial charge in [0.05, 0.1) is 19.1 Å². The summed E-state index contributed by atoms with van der Waals surface area (Å²) in [6, 6.07) is 7.86. The molecule has 0 bridgehead atoms. The summed E-state index contributed by atoms with van der Waals surface area (Å²) < 4.78 is 25.9. The van der Waals surface area contributed by atoms with Crippen molar-refractivity contribution in [1.29, 1.82) is 0 Å². The van der Waals surface area contributed by atoms with Crippen LogP contribution in [0.25, 0.3) is 0 Å². The molecule has 1 heterocycles. The Balaban J connectivity index is 1.50. The van der Waals surface area contributed by atoms with Gasteiger partial charge in [-0.1, -0.05) is 32.9 Å². The van der Waals surface area contributed by atoms with E-state index in [4.69, 9.17) is 14.5 Å². The number of halogens is 1. The first-order valence-corrected chi connectivity index (χ1v) is 14.5. The van der Waals surface area contributed by atoms with E-state index in [1.165, 1.54) is 41.1 Å². The normalized spacial score (nSPS) is 13.9. The SMILES string of the molecule is CN(C(=O)CCCCc1ccc2c(n1)CCCC2)[C@@H](CC(=O)O)c1ccc(OCCOCCC(C)(C)C)c(F)c1. The van der Waals surface area contributed by atoms with E-state index in [2.05, 4.69) is 32.9 Å². The monoisotopic (exact) mass is 556 g/mol. The molecule has 1 aromatic heterocycles. The highest BCUT2D eigenvalue weighted by Crippen LogP contribution is 2.29. The summed E-state index contributed by atoms with van der Waals surface area (Å²) in [6.45, 7) is 7.58. The zero-order valence-electron chi connectivity index (χ0n) is 24.5. The molecule has 0 saturated carbocycles. The van der Waals surface area contributed by atoms with E-state index in [0.29, 0.717) is 25.2 Å². The third-order valence-electron chi connectivity index (χ3n) is 7.36. The molecule has 1 aliphatic carbocycles. The standard InChI is InChI=1S/C32H45FN2O5/c1-32(2,3)17-18-39-19-20-40-29-16-14-24(21-26(29)33)28(22-31(37)38)35(4)30(36)12-8-6-10-25-15-13-23-9-5-7-11-27(23)34-25/h13-16,21,28H,5-12,17-20,22H2,1-4H3,(H,37,38)/t28-/m0/s1. The highest BCUT2D eigenvalue weighted by atomic mass is 19.1. The fourth-order valence-electron chi connectivity index (χ4n) is 4.88. The molecule has 220 valence electrons. The van der Waals surface area contributed by atoms with Crippen LogP contribution in [0.4, 0.5) is 4.39 Å². The quantitative estimate of drug-likeness (QED) is 0.258. The molecule has 2 aromatic rings. The number of carboxylic acid groups (broad SMARTS) is 1. The lowest BCUT2D eigenvalue weighted by atomic mass is 9.93. The minimum absolute atomic E-state index is 0.0713. The highest BCUT2D eigenvalue weighted by Gasteiger charge is 2.25. The molecule has 0 fully saturated rings. The maximum Gasteiger partial charge on any atom is 0.305 e. The number of ether oxygens (including phenoxy) is 2. The number of fused-ring (bicyclic) bond motifs is 1. The van der Waals surface area contributed by atoms with E-state index in [9.17, 15) is 19.1 Å². The van der Waals surface area contributed by atoms with Gasteiger partial charge in [-0.2, -0.15) is 0 Å². The number of carboxylic acids is 1. The lowest BCUT2D eigenvalue weighted by molar-refractivity contribution is -0.140. The number of benzene rings is 1. The number of aryl methyl sites for hydroxylation is 3.